The lowest BCUT2D eigenvalue weighted by atomic mass is 10.8. The van der Waals surface area contributed by atoms with Crippen LogP contribution in [0.15, 0.2) is 18.7 Å². The van der Waals surface area contributed by atoms with Crippen molar-refractivity contribution in [3.05, 3.63) is 18.7 Å². The molecule has 4 nitrogen and oxygen atoms in total. The molecule has 1 heterocycles. The van der Waals surface area contributed by atoms with Crippen LogP contribution in [0, 0.1) is 0 Å². The van der Waals surface area contributed by atoms with Crippen molar-refractivity contribution in [1.29, 1.82) is 0 Å². The molecule has 1 rings (SSSR count). The predicted molar refractivity (Wildman–Crippen MR) is 43.4 cm³/mol. The summed E-state index contributed by atoms with van der Waals surface area (Å²) < 4.78 is 14.1. The summed E-state index contributed by atoms with van der Waals surface area (Å²) in [6.45, 7) is 1.87. The number of imidazole rings is 1. The van der Waals surface area contributed by atoms with Gasteiger partial charge in [0.25, 0.3) is 0 Å². The second kappa shape index (κ2) is 6.56. The van der Waals surface area contributed by atoms with Crippen molar-refractivity contribution >= 4 is 0 Å². The summed E-state index contributed by atoms with van der Waals surface area (Å²) >= 11 is 0. The third-order valence-corrected chi connectivity index (χ3v) is 1.50. The highest BCUT2D eigenvalue weighted by Crippen LogP contribution is 1.85. The van der Waals surface area contributed by atoms with Gasteiger partial charge < -0.3 is 14.2 Å². The molecule has 0 amide bonds. The quantitative estimate of drug-likeness (QED) is 0.364. The van der Waals surface area contributed by atoms with Gasteiger partial charge in [0, 0.05) is 7.11 Å². The maximum absolute atomic E-state index is 5.30. The Morgan fingerprint density at radius 2 is 2.15 bits per heavy atom. The fourth-order valence-corrected chi connectivity index (χ4v) is 0.890. The van der Waals surface area contributed by atoms with Crippen molar-refractivity contribution in [3.8, 4) is 0 Å². The highest BCUT2D eigenvalue weighted by molar-refractivity contribution is 4.63. The third-order valence-electron chi connectivity index (χ3n) is 1.50. The molecule has 0 spiro atoms. The van der Waals surface area contributed by atoms with E-state index in [1.807, 2.05) is 34.9 Å². The molecule has 0 bridgehead atoms. The van der Waals surface area contributed by atoms with E-state index in [9.17, 15) is 0 Å². The highest BCUT2D eigenvalue weighted by atomic mass is 19.0. The van der Waals surface area contributed by atoms with E-state index in [-0.39, 0.29) is 4.70 Å². The molecule has 0 fully saturated rings. The number of methoxy groups -OCH3 is 1. The van der Waals surface area contributed by atoms with Crippen LogP contribution in [-0.4, -0.2) is 24.9 Å². The van der Waals surface area contributed by atoms with Crippen molar-refractivity contribution in [2.24, 2.45) is 7.05 Å². The highest BCUT2D eigenvalue weighted by Gasteiger charge is 1.97. The summed E-state index contributed by atoms with van der Waals surface area (Å²) in [5.74, 6) is 0. The fourth-order valence-electron chi connectivity index (χ4n) is 0.890. The van der Waals surface area contributed by atoms with E-state index in [0.717, 1.165) is 0 Å². The normalized spacial score (nSPS) is 9.69. The Hall–Kier alpha value is -0.940. The molecule has 0 saturated heterocycles. The fraction of sp³-hybridized carbons (Fsp3) is 0.625. The summed E-state index contributed by atoms with van der Waals surface area (Å²) in [5.41, 5.74) is 0. The number of rotatable bonds is 5. The molecule has 0 atom stereocenters. The van der Waals surface area contributed by atoms with Crippen molar-refractivity contribution in [2.45, 2.75) is 6.73 Å². The molecule has 0 N–H and O–H groups in total. The largest absolute Gasteiger partial charge is 1.00 e. The monoisotopic (exact) mass is 190 g/mol. The van der Waals surface area contributed by atoms with Gasteiger partial charge in [0.05, 0.1) is 20.3 Å². The maximum atomic E-state index is 5.30. The number of ether oxygens (including phenoxy) is 2. The van der Waals surface area contributed by atoms with E-state index in [0.29, 0.717) is 19.9 Å². The Bertz CT molecular complexity index is 228. The molecule has 1 aromatic rings. The summed E-state index contributed by atoms with van der Waals surface area (Å²) in [6, 6.07) is 0. The van der Waals surface area contributed by atoms with Crippen molar-refractivity contribution < 1.29 is 18.7 Å². The van der Waals surface area contributed by atoms with E-state index in [2.05, 4.69) is 0 Å². The molecule has 0 aliphatic rings. The molecule has 5 heteroatoms. The molecule has 0 radical (unpaired) electrons. The number of aromatic nitrogens is 2. The second-order valence-corrected chi connectivity index (χ2v) is 2.62. The van der Waals surface area contributed by atoms with Gasteiger partial charge in [-0.15, -0.1) is 0 Å². The molecular formula is C8H15FN2O2. The summed E-state index contributed by atoms with van der Waals surface area (Å²) in [7, 11) is 3.64. The molecule has 0 unspecified atom stereocenters. The topological polar surface area (TPSA) is 27.3 Å². The molecule has 1 aromatic heterocycles. The van der Waals surface area contributed by atoms with Gasteiger partial charge in [-0.25, -0.2) is 9.13 Å². The van der Waals surface area contributed by atoms with Gasteiger partial charge in [-0.05, 0) is 0 Å². The first-order valence-electron chi connectivity index (χ1n) is 3.90. The molecule has 0 saturated carbocycles. The lowest BCUT2D eigenvalue weighted by Gasteiger charge is -1.98. The summed E-state index contributed by atoms with van der Waals surface area (Å²) in [6.07, 6.45) is 5.90. The first-order valence-corrected chi connectivity index (χ1v) is 3.90. The average Bonchev–Trinajstić information content (AvgIpc) is 2.45. The van der Waals surface area contributed by atoms with Crippen LogP contribution in [0.1, 0.15) is 0 Å². The standard InChI is InChI=1S/C8H15N2O2.FH/c1-9-3-4-10(7-9)8-12-6-5-11-2;/h3-4,7H,5-6,8H2,1-2H3;1H/q+1;/p-1. The van der Waals surface area contributed by atoms with Crippen LogP contribution in [0.25, 0.3) is 0 Å². The zero-order valence-electron chi connectivity index (χ0n) is 7.94. The lowest BCUT2D eigenvalue weighted by molar-refractivity contribution is -0.671. The van der Waals surface area contributed by atoms with Gasteiger partial charge in [-0.3, -0.25) is 0 Å². The lowest BCUT2D eigenvalue weighted by Crippen LogP contribution is -3.00. The van der Waals surface area contributed by atoms with E-state index in [1.54, 1.807) is 7.11 Å². The minimum absolute atomic E-state index is 0. The third kappa shape index (κ3) is 4.59. The van der Waals surface area contributed by atoms with Crippen LogP contribution in [0.4, 0.5) is 0 Å². The first-order chi connectivity index (χ1) is 5.83. The van der Waals surface area contributed by atoms with Gasteiger partial charge in [0.1, 0.15) is 12.4 Å². The van der Waals surface area contributed by atoms with Crippen LogP contribution in [-0.2, 0) is 23.3 Å². The zero-order chi connectivity index (χ0) is 8.81. The summed E-state index contributed by atoms with van der Waals surface area (Å²) in [4.78, 5) is 0. The zero-order valence-corrected chi connectivity index (χ0v) is 7.94. The number of nitrogens with zero attached hydrogens (tertiary/aromatic N) is 2. The van der Waals surface area contributed by atoms with Crippen molar-refractivity contribution in [2.75, 3.05) is 20.3 Å². The number of halogens is 1. The Labute approximate surface area is 77.1 Å². The van der Waals surface area contributed by atoms with E-state index in [1.165, 1.54) is 0 Å². The maximum Gasteiger partial charge on any atom is 0.245 e. The average molecular weight is 190 g/mol. The number of hydrogen-bond donors (Lipinski definition) is 0. The minimum Gasteiger partial charge on any atom is -1.00 e. The van der Waals surface area contributed by atoms with Crippen LogP contribution < -0.4 is 9.27 Å². The number of aryl methyl sites for hydroxylation is 1. The smallest absolute Gasteiger partial charge is 0.245 e. The van der Waals surface area contributed by atoms with Crippen LogP contribution >= 0.6 is 0 Å². The van der Waals surface area contributed by atoms with Crippen molar-refractivity contribution in [1.82, 2.24) is 4.57 Å². The van der Waals surface area contributed by atoms with E-state index in [4.69, 9.17) is 9.47 Å². The van der Waals surface area contributed by atoms with Crippen molar-refractivity contribution in [3.63, 3.8) is 0 Å². The SMILES string of the molecule is COCCOCn1cc[n+](C)c1.[F-]. The Morgan fingerprint density at radius 1 is 1.38 bits per heavy atom. The molecular weight excluding hydrogens is 175 g/mol. The molecule has 0 aliphatic carbocycles. The molecule has 76 valence electrons. The molecule has 0 aliphatic heterocycles. The Balaban J connectivity index is 0.00000144. The first kappa shape index (κ1) is 12.1. The van der Waals surface area contributed by atoms with Gasteiger partial charge in [0.15, 0.2) is 6.73 Å². The Morgan fingerprint density at radius 3 is 2.69 bits per heavy atom. The van der Waals surface area contributed by atoms with Crippen LogP contribution in [0.2, 0.25) is 0 Å². The Kier molecular flexibility index (Phi) is 6.09. The van der Waals surface area contributed by atoms with Gasteiger partial charge >= 0.3 is 0 Å². The van der Waals surface area contributed by atoms with E-state index >= 15 is 0 Å². The molecule has 0 aromatic carbocycles. The van der Waals surface area contributed by atoms with Crippen LogP contribution in [0.3, 0.4) is 0 Å². The summed E-state index contributed by atoms with van der Waals surface area (Å²) in [5, 5.41) is 0. The molecule has 13 heavy (non-hydrogen) atoms. The number of hydrogen-bond acceptors (Lipinski definition) is 2. The van der Waals surface area contributed by atoms with E-state index < -0.39 is 0 Å². The van der Waals surface area contributed by atoms with Gasteiger partial charge in [-0.2, -0.15) is 0 Å². The van der Waals surface area contributed by atoms with Crippen LogP contribution in [0.5, 0.6) is 0 Å². The predicted octanol–water partition coefficient (Wildman–Crippen LogP) is -3.06. The second-order valence-electron chi connectivity index (χ2n) is 2.62. The minimum atomic E-state index is 0. The van der Waals surface area contributed by atoms with Gasteiger partial charge in [0.2, 0.25) is 6.33 Å². The van der Waals surface area contributed by atoms with Gasteiger partial charge in [-0.1, -0.05) is 0 Å².